The summed E-state index contributed by atoms with van der Waals surface area (Å²) in [4.78, 5) is 16.3. The fraction of sp³-hybridized carbons (Fsp3) is 0.111. The number of carbonyl (C=O) groups excluding carboxylic acids is 1. The minimum Gasteiger partial charge on any atom is -0.368 e. The molecule has 0 radical (unpaired) electrons. The zero-order valence-corrected chi connectivity index (χ0v) is 12.4. The number of carbonyl (C=O) groups is 1. The summed E-state index contributed by atoms with van der Waals surface area (Å²) in [5.74, 6) is -0.200. The summed E-state index contributed by atoms with van der Waals surface area (Å²) in [7, 11) is 0. The first-order valence-electron chi connectivity index (χ1n) is 7.36. The smallest absolute Gasteiger partial charge is 0.254 e. The van der Waals surface area contributed by atoms with E-state index in [-0.39, 0.29) is 5.56 Å². The molecule has 3 aromatic rings. The molecule has 4 nitrogen and oxygen atoms in total. The van der Waals surface area contributed by atoms with Crippen LogP contribution in [0.25, 0.3) is 10.9 Å². The van der Waals surface area contributed by atoms with E-state index < -0.39 is 11.7 Å². The molecule has 0 fully saturated rings. The topological polar surface area (TPSA) is 54.0 Å². The second kappa shape index (κ2) is 6.87. The normalized spacial score (nSPS) is 10.5. The lowest BCUT2D eigenvalue weighted by molar-refractivity contribution is 0.0951. The van der Waals surface area contributed by atoms with Crippen LogP contribution in [0.15, 0.2) is 60.7 Å². The zero-order chi connectivity index (χ0) is 16.1. The number of pyridine rings is 1. The highest BCUT2D eigenvalue weighted by Crippen LogP contribution is 2.14. The van der Waals surface area contributed by atoms with Crippen molar-refractivity contribution in [2.45, 2.75) is 0 Å². The van der Waals surface area contributed by atoms with Crippen LogP contribution in [0.2, 0.25) is 0 Å². The van der Waals surface area contributed by atoms with Gasteiger partial charge in [-0.15, -0.1) is 0 Å². The molecule has 23 heavy (non-hydrogen) atoms. The molecule has 1 amide bonds. The molecule has 1 heterocycles. The molecule has 0 bridgehead atoms. The molecule has 0 aliphatic heterocycles. The first kappa shape index (κ1) is 15.0. The van der Waals surface area contributed by atoms with Gasteiger partial charge in [0.15, 0.2) is 0 Å². The average molecular weight is 309 g/mol. The van der Waals surface area contributed by atoms with Gasteiger partial charge in [0.05, 0.1) is 11.1 Å². The van der Waals surface area contributed by atoms with Crippen LogP contribution in [0.5, 0.6) is 0 Å². The number of aromatic nitrogens is 1. The van der Waals surface area contributed by atoms with Crippen molar-refractivity contribution in [3.8, 4) is 0 Å². The number of amides is 1. The number of halogens is 1. The van der Waals surface area contributed by atoms with E-state index in [4.69, 9.17) is 0 Å². The van der Waals surface area contributed by atoms with E-state index in [0.717, 1.165) is 16.7 Å². The van der Waals surface area contributed by atoms with Crippen LogP contribution in [0.1, 0.15) is 10.4 Å². The predicted molar refractivity (Wildman–Crippen MR) is 89.0 cm³/mol. The zero-order valence-electron chi connectivity index (χ0n) is 12.4. The molecule has 0 saturated heterocycles. The largest absolute Gasteiger partial charge is 0.368 e. The van der Waals surface area contributed by atoms with Crippen LogP contribution in [0.4, 0.5) is 10.2 Å². The van der Waals surface area contributed by atoms with Crippen molar-refractivity contribution in [2.24, 2.45) is 0 Å². The van der Waals surface area contributed by atoms with Crippen molar-refractivity contribution in [3.63, 3.8) is 0 Å². The third-order valence-electron chi connectivity index (χ3n) is 3.43. The standard InChI is InChI=1S/C18H16FN3O/c19-15-7-3-2-6-14(15)18(23)21-12-11-20-17-10-9-13-5-1-4-8-16(13)22-17/h1-10H,11-12H2,(H,20,22)(H,21,23). The van der Waals surface area contributed by atoms with Gasteiger partial charge in [0, 0.05) is 18.5 Å². The summed E-state index contributed by atoms with van der Waals surface area (Å²) in [6.45, 7) is 0.882. The van der Waals surface area contributed by atoms with Crippen molar-refractivity contribution in [1.29, 1.82) is 0 Å². The molecule has 0 spiro atoms. The highest BCUT2D eigenvalue weighted by molar-refractivity contribution is 5.94. The summed E-state index contributed by atoms with van der Waals surface area (Å²) >= 11 is 0. The third-order valence-corrected chi connectivity index (χ3v) is 3.43. The Morgan fingerprint density at radius 2 is 1.74 bits per heavy atom. The van der Waals surface area contributed by atoms with E-state index in [1.807, 2.05) is 36.4 Å². The maximum absolute atomic E-state index is 13.5. The Morgan fingerprint density at radius 3 is 2.61 bits per heavy atom. The fourth-order valence-electron chi connectivity index (χ4n) is 2.27. The van der Waals surface area contributed by atoms with Gasteiger partial charge in [0.1, 0.15) is 11.6 Å². The van der Waals surface area contributed by atoms with Crippen LogP contribution < -0.4 is 10.6 Å². The Labute approximate surface area is 133 Å². The lowest BCUT2D eigenvalue weighted by atomic mass is 10.2. The summed E-state index contributed by atoms with van der Waals surface area (Å²) in [6, 6.07) is 17.7. The number of para-hydroxylation sites is 1. The van der Waals surface area contributed by atoms with Gasteiger partial charge in [0.2, 0.25) is 0 Å². The van der Waals surface area contributed by atoms with Gasteiger partial charge < -0.3 is 10.6 Å². The molecule has 1 aromatic heterocycles. The lowest BCUT2D eigenvalue weighted by Gasteiger charge is -2.08. The Bertz CT molecular complexity index is 835. The maximum Gasteiger partial charge on any atom is 0.254 e. The van der Waals surface area contributed by atoms with E-state index in [2.05, 4.69) is 15.6 Å². The second-order valence-electron chi connectivity index (χ2n) is 5.05. The van der Waals surface area contributed by atoms with Crippen molar-refractivity contribution in [3.05, 3.63) is 72.0 Å². The van der Waals surface area contributed by atoms with E-state index >= 15 is 0 Å². The van der Waals surface area contributed by atoms with E-state index in [0.29, 0.717) is 13.1 Å². The summed E-state index contributed by atoms with van der Waals surface area (Å²) in [5, 5.41) is 6.89. The maximum atomic E-state index is 13.5. The van der Waals surface area contributed by atoms with Gasteiger partial charge >= 0.3 is 0 Å². The molecule has 2 N–H and O–H groups in total. The van der Waals surface area contributed by atoms with Crippen molar-refractivity contribution in [1.82, 2.24) is 10.3 Å². The van der Waals surface area contributed by atoms with Crippen LogP contribution in [0.3, 0.4) is 0 Å². The van der Waals surface area contributed by atoms with Gasteiger partial charge in [-0.05, 0) is 30.3 Å². The molecular weight excluding hydrogens is 293 g/mol. The average Bonchev–Trinajstić information content (AvgIpc) is 2.59. The minimum absolute atomic E-state index is 0.0522. The van der Waals surface area contributed by atoms with E-state index in [1.165, 1.54) is 12.1 Å². The molecule has 0 atom stereocenters. The number of anilines is 1. The highest BCUT2D eigenvalue weighted by Gasteiger charge is 2.09. The molecule has 0 aliphatic rings. The van der Waals surface area contributed by atoms with Gasteiger partial charge in [0.25, 0.3) is 5.91 Å². The monoisotopic (exact) mass is 309 g/mol. The number of hydrogen-bond acceptors (Lipinski definition) is 3. The molecule has 3 rings (SSSR count). The predicted octanol–water partition coefficient (Wildman–Crippen LogP) is 3.22. The van der Waals surface area contributed by atoms with Gasteiger partial charge in [-0.3, -0.25) is 4.79 Å². The summed E-state index contributed by atoms with van der Waals surface area (Å²) < 4.78 is 13.5. The second-order valence-corrected chi connectivity index (χ2v) is 5.05. The van der Waals surface area contributed by atoms with Crippen molar-refractivity contribution in [2.75, 3.05) is 18.4 Å². The molecule has 116 valence electrons. The first-order valence-corrected chi connectivity index (χ1v) is 7.36. The fourth-order valence-corrected chi connectivity index (χ4v) is 2.27. The number of nitrogens with one attached hydrogen (secondary N) is 2. The Hall–Kier alpha value is -2.95. The SMILES string of the molecule is O=C(NCCNc1ccc2ccccc2n1)c1ccccc1F. The number of rotatable bonds is 5. The molecular formula is C18H16FN3O. The molecule has 0 aliphatic carbocycles. The van der Waals surface area contributed by atoms with Gasteiger partial charge in [-0.25, -0.2) is 9.37 Å². The highest BCUT2D eigenvalue weighted by atomic mass is 19.1. The lowest BCUT2D eigenvalue weighted by Crippen LogP contribution is -2.29. The molecule has 0 unspecified atom stereocenters. The van der Waals surface area contributed by atoms with Crippen molar-refractivity contribution < 1.29 is 9.18 Å². The Morgan fingerprint density at radius 1 is 0.957 bits per heavy atom. The van der Waals surface area contributed by atoms with E-state index in [9.17, 15) is 9.18 Å². The molecule has 0 saturated carbocycles. The molecule has 2 aromatic carbocycles. The quantitative estimate of drug-likeness (QED) is 0.712. The number of benzene rings is 2. The number of hydrogen-bond donors (Lipinski definition) is 2. The van der Waals surface area contributed by atoms with Crippen LogP contribution in [-0.4, -0.2) is 24.0 Å². The number of nitrogens with zero attached hydrogens (tertiary/aromatic N) is 1. The summed E-state index contributed by atoms with van der Waals surface area (Å²) in [5.41, 5.74) is 0.962. The number of fused-ring (bicyclic) bond motifs is 1. The van der Waals surface area contributed by atoms with Gasteiger partial charge in [-0.1, -0.05) is 30.3 Å². The summed E-state index contributed by atoms with van der Waals surface area (Å²) in [6.07, 6.45) is 0. The van der Waals surface area contributed by atoms with Gasteiger partial charge in [-0.2, -0.15) is 0 Å². The van der Waals surface area contributed by atoms with Crippen LogP contribution in [-0.2, 0) is 0 Å². The van der Waals surface area contributed by atoms with Crippen LogP contribution in [0, 0.1) is 5.82 Å². The minimum atomic E-state index is -0.519. The van der Waals surface area contributed by atoms with Crippen molar-refractivity contribution >= 4 is 22.6 Å². The third kappa shape index (κ3) is 3.63. The van der Waals surface area contributed by atoms with E-state index in [1.54, 1.807) is 12.1 Å². The first-order chi connectivity index (χ1) is 11.2. The Kier molecular flexibility index (Phi) is 4.47. The van der Waals surface area contributed by atoms with Crippen LogP contribution >= 0.6 is 0 Å². The Balaban J connectivity index is 1.53. The molecule has 5 heteroatoms.